The highest BCUT2D eigenvalue weighted by molar-refractivity contribution is 6.30. The molecule has 0 saturated carbocycles. The van der Waals surface area contributed by atoms with E-state index in [0.29, 0.717) is 29.5 Å². The van der Waals surface area contributed by atoms with Crippen LogP contribution in [0.15, 0.2) is 82.0 Å². The quantitative estimate of drug-likeness (QED) is 0.325. The number of rotatable bonds is 7. The van der Waals surface area contributed by atoms with Crippen molar-refractivity contribution in [1.82, 2.24) is 4.90 Å². The Kier molecular flexibility index (Phi) is 6.93. The van der Waals surface area contributed by atoms with E-state index in [-0.39, 0.29) is 5.63 Å². The molecule has 0 unspecified atom stereocenters. The third-order valence-electron chi connectivity index (χ3n) is 6.30. The Morgan fingerprint density at radius 1 is 0.914 bits per heavy atom. The largest absolute Gasteiger partial charge is 0.497 e. The summed E-state index contributed by atoms with van der Waals surface area (Å²) in [4.78, 5) is 17.0. The molecule has 1 aromatic heterocycles. The molecule has 6 nitrogen and oxygen atoms in total. The van der Waals surface area contributed by atoms with Gasteiger partial charge in [0, 0.05) is 61.0 Å². The molecule has 1 fully saturated rings. The van der Waals surface area contributed by atoms with Crippen molar-refractivity contribution < 1.29 is 13.9 Å². The molecule has 0 aliphatic carbocycles. The van der Waals surface area contributed by atoms with Crippen LogP contribution in [0.3, 0.4) is 0 Å². The maximum Gasteiger partial charge on any atom is 0.336 e. The Morgan fingerprint density at radius 2 is 1.69 bits per heavy atom. The van der Waals surface area contributed by atoms with Crippen LogP contribution in [0.1, 0.15) is 11.1 Å². The number of ether oxygens (including phenoxy) is 2. The molecule has 3 aromatic carbocycles. The smallest absolute Gasteiger partial charge is 0.336 e. The van der Waals surface area contributed by atoms with Crippen molar-refractivity contribution in [3.8, 4) is 11.5 Å². The van der Waals surface area contributed by atoms with Crippen molar-refractivity contribution in [1.29, 1.82) is 0 Å². The Balaban J connectivity index is 1.25. The Morgan fingerprint density at radius 3 is 2.43 bits per heavy atom. The van der Waals surface area contributed by atoms with Crippen LogP contribution in [0, 0.1) is 0 Å². The van der Waals surface area contributed by atoms with Gasteiger partial charge in [0.2, 0.25) is 0 Å². The highest BCUT2D eigenvalue weighted by Crippen LogP contribution is 2.26. The van der Waals surface area contributed by atoms with Gasteiger partial charge in [-0.1, -0.05) is 23.7 Å². The van der Waals surface area contributed by atoms with E-state index in [9.17, 15) is 4.79 Å². The van der Waals surface area contributed by atoms with Crippen molar-refractivity contribution in [2.24, 2.45) is 0 Å². The van der Waals surface area contributed by atoms with Gasteiger partial charge in [-0.15, -0.1) is 0 Å². The first-order chi connectivity index (χ1) is 17.1. The second-order valence-electron chi connectivity index (χ2n) is 8.63. The summed E-state index contributed by atoms with van der Waals surface area (Å²) in [6.45, 7) is 4.75. The van der Waals surface area contributed by atoms with Gasteiger partial charge >= 0.3 is 5.63 Å². The minimum absolute atomic E-state index is 0.351. The third-order valence-corrected chi connectivity index (χ3v) is 6.54. The molecule has 0 radical (unpaired) electrons. The average molecular weight is 491 g/mol. The normalized spacial score (nSPS) is 14.3. The minimum atomic E-state index is -0.351. The van der Waals surface area contributed by atoms with Gasteiger partial charge in [-0.05, 0) is 59.7 Å². The van der Waals surface area contributed by atoms with E-state index in [1.807, 2.05) is 48.5 Å². The van der Waals surface area contributed by atoms with Crippen molar-refractivity contribution >= 4 is 28.3 Å². The van der Waals surface area contributed by atoms with Crippen LogP contribution in [-0.2, 0) is 13.2 Å². The van der Waals surface area contributed by atoms with Gasteiger partial charge in [0.15, 0.2) is 0 Å². The van der Waals surface area contributed by atoms with E-state index in [1.165, 1.54) is 5.69 Å². The molecule has 0 spiro atoms. The molecular formula is C28H27ClN2O4. The molecule has 0 amide bonds. The monoisotopic (exact) mass is 490 g/mol. The molecule has 0 bridgehead atoms. The average Bonchev–Trinajstić information content (AvgIpc) is 2.88. The van der Waals surface area contributed by atoms with E-state index in [4.69, 9.17) is 25.5 Å². The van der Waals surface area contributed by atoms with Gasteiger partial charge < -0.3 is 18.8 Å². The Labute approximate surface area is 209 Å². The predicted molar refractivity (Wildman–Crippen MR) is 139 cm³/mol. The second-order valence-corrected chi connectivity index (χ2v) is 9.06. The van der Waals surface area contributed by atoms with Gasteiger partial charge in [0.25, 0.3) is 0 Å². The zero-order chi connectivity index (χ0) is 24.2. The highest BCUT2D eigenvalue weighted by Gasteiger charge is 2.19. The SMILES string of the molecule is COc1ccc(N2CCN(Cc3cc(=O)oc4cc(OCc5cccc(Cl)c5)ccc34)CC2)cc1. The maximum atomic E-state index is 12.3. The molecular weight excluding hydrogens is 464 g/mol. The molecule has 7 heteroatoms. The molecule has 1 aliphatic rings. The van der Waals surface area contributed by atoms with Crippen molar-refractivity contribution in [3.05, 3.63) is 99.4 Å². The maximum absolute atomic E-state index is 12.3. The Hall–Kier alpha value is -3.48. The summed E-state index contributed by atoms with van der Waals surface area (Å²) in [5, 5.41) is 1.60. The van der Waals surface area contributed by atoms with E-state index >= 15 is 0 Å². The summed E-state index contributed by atoms with van der Waals surface area (Å²) in [5.41, 5.74) is 3.32. The van der Waals surface area contributed by atoms with Gasteiger partial charge in [-0.25, -0.2) is 4.79 Å². The number of methoxy groups -OCH3 is 1. The molecule has 4 aromatic rings. The van der Waals surface area contributed by atoms with E-state index in [0.717, 1.165) is 48.4 Å². The third kappa shape index (κ3) is 5.61. The second kappa shape index (κ2) is 10.4. The fourth-order valence-electron chi connectivity index (χ4n) is 4.42. The van der Waals surface area contributed by atoms with Gasteiger partial charge in [-0.2, -0.15) is 0 Å². The fourth-order valence-corrected chi connectivity index (χ4v) is 4.64. The number of piperazine rings is 1. The first-order valence-electron chi connectivity index (χ1n) is 11.6. The number of anilines is 1. The number of hydrogen-bond acceptors (Lipinski definition) is 6. The lowest BCUT2D eigenvalue weighted by atomic mass is 10.1. The lowest BCUT2D eigenvalue weighted by molar-refractivity contribution is 0.250. The molecule has 2 heterocycles. The summed E-state index contributed by atoms with van der Waals surface area (Å²) < 4.78 is 16.7. The van der Waals surface area contributed by atoms with Gasteiger partial charge in [0.05, 0.1) is 7.11 Å². The van der Waals surface area contributed by atoms with Crippen LogP contribution >= 0.6 is 11.6 Å². The van der Waals surface area contributed by atoms with Crippen LogP contribution in [0.2, 0.25) is 5.02 Å². The fraction of sp³-hybridized carbons (Fsp3) is 0.250. The summed E-state index contributed by atoms with van der Waals surface area (Å²) in [6, 6.07) is 23.0. The predicted octanol–water partition coefficient (Wildman–Crippen LogP) is 5.36. The number of halogens is 1. The van der Waals surface area contributed by atoms with Crippen LogP contribution in [0.5, 0.6) is 11.5 Å². The van der Waals surface area contributed by atoms with E-state index in [2.05, 4.69) is 21.9 Å². The van der Waals surface area contributed by atoms with Crippen LogP contribution in [-0.4, -0.2) is 38.2 Å². The van der Waals surface area contributed by atoms with Crippen LogP contribution < -0.4 is 20.0 Å². The molecule has 35 heavy (non-hydrogen) atoms. The van der Waals surface area contributed by atoms with Crippen LogP contribution in [0.4, 0.5) is 5.69 Å². The molecule has 0 atom stereocenters. The Bertz CT molecular complexity index is 1360. The first kappa shape index (κ1) is 23.3. The molecule has 5 rings (SSSR count). The first-order valence-corrected chi connectivity index (χ1v) is 12.0. The topological polar surface area (TPSA) is 55.2 Å². The number of nitrogens with zero attached hydrogens (tertiary/aromatic N) is 2. The van der Waals surface area contributed by atoms with Gasteiger partial charge in [0.1, 0.15) is 23.7 Å². The molecule has 0 N–H and O–H groups in total. The van der Waals surface area contributed by atoms with Gasteiger partial charge in [-0.3, -0.25) is 4.90 Å². The molecule has 1 saturated heterocycles. The summed E-state index contributed by atoms with van der Waals surface area (Å²) >= 11 is 6.05. The minimum Gasteiger partial charge on any atom is -0.497 e. The van der Waals surface area contributed by atoms with Crippen molar-refractivity contribution in [2.45, 2.75) is 13.2 Å². The molecule has 1 aliphatic heterocycles. The van der Waals surface area contributed by atoms with E-state index in [1.54, 1.807) is 19.2 Å². The summed E-state index contributed by atoms with van der Waals surface area (Å²) in [6.07, 6.45) is 0. The lowest BCUT2D eigenvalue weighted by Gasteiger charge is -2.36. The number of fused-ring (bicyclic) bond motifs is 1. The standard InChI is InChI=1S/C28H27ClN2O4/c1-33-24-7-5-23(6-8-24)31-13-11-30(12-14-31)18-21-16-28(32)35-27-17-25(9-10-26(21)27)34-19-20-3-2-4-22(29)15-20/h2-10,15-17H,11-14,18-19H2,1H3. The number of benzene rings is 3. The van der Waals surface area contributed by atoms with E-state index < -0.39 is 0 Å². The van der Waals surface area contributed by atoms with Crippen LogP contribution in [0.25, 0.3) is 11.0 Å². The highest BCUT2D eigenvalue weighted by atomic mass is 35.5. The summed E-state index contributed by atoms with van der Waals surface area (Å²) in [7, 11) is 1.68. The van der Waals surface area contributed by atoms with Crippen molar-refractivity contribution in [3.63, 3.8) is 0 Å². The zero-order valence-electron chi connectivity index (χ0n) is 19.6. The zero-order valence-corrected chi connectivity index (χ0v) is 20.3. The summed E-state index contributed by atoms with van der Waals surface area (Å²) in [5.74, 6) is 1.51. The lowest BCUT2D eigenvalue weighted by Crippen LogP contribution is -2.46. The molecule has 180 valence electrons. The number of hydrogen-bond donors (Lipinski definition) is 0. The van der Waals surface area contributed by atoms with Crippen molar-refractivity contribution in [2.75, 3.05) is 38.2 Å².